The van der Waals surface area contributed by atoms with Crippen LogP contribution in [0.3, 0.4) is 0 Å². The second kappa shape index (κ2) is 8.86. The lowest BCUT2D eigenvalue weighted by atomic mass is 9.78. The zero-order valence-electron chi connectivity index (χ0n) is 13.5. The van der Waals surface area contributed by atoms with Gasteiger partial charge in [-0.05, 0) is 25.7 Å². The van der Waals surface area contributed by atoms with E-state index in [1.54, 1.807) is 0 Å². The van der Waals surface area contributed by atoms with Crippen LogP contribution in [0.1, 0.15) is 38.5 Å². The van der Waals surface area contributed by atoms with Crippen LogP contribution in [0.5, 0.6) is 0 Å². The van der Waals surface area contributed by atoms with Crippen LogP contribution in [0.15, 0.2) is 0 Å². The molecule has 0 aromatic carbocycles. The van der Waals surface area contributed by atoms with Gasteiger partial charge in [0.15, 0.2) is 0 Å². The number of ether oxygens (including phenoxy) is 1. The monoisotopic (exact) mass is 326 g/mol. The lowest BCUT2D eigenvalue weighted by Crippen LogP contribution is -2.45. The van der Waals surface area contributed by atoms with Gasteiger partial charge in [-0.3, -0.25) is 9.59 Å². The number of nitrogens with zero attached hydrogens (tertiary/aromatic N) is 1. The Labute approximate surface area is 136 Å². The SMILES string of the molecule is O=C(O)COCCNC(=O)C1CCCCC1C(=O)N1CCCC1. The molecule has 2 aliphatic rings. The number of carbonyl (C=O) groups is 3. The third-order valence-corrected chi connectivity index (χ3v) is 4.61. The fourth-order valence-corrected chi connectivity index (χ4v) is 3.45. The van der Waals surface area contributed by atoms with Crippen molar-refractivity contribution < 1.29 is 24.2 Å². The molecule has 1 aliphatic heterocycles. The van der Waals surface area contributed by atoms with E-state index in [0.717, 1.165) is 51.6 Å². The van der Waals surface area contributed by atoms with Crippen molar-refractivity contribution in [1.29, 1.82) is 0 Å². The van der Waals surface area contributed by atoms with Crippen molar-refractivity contribution >= 4 is 17.8 Å². The Bertz CT molecular complexity index is 434. The minimum absolute atomic E-state index is 0.110. The summed E-state index contributed by atoms with van der Waals surface area (Å²) in [6.07, 6.45) is 5.59. The van der Waals surface area contributed by atoms with Gasteiger partial charge >= 0.3 is 5.97 Å². The topological polar surface area (TPSA) is 95.9 Å². The molecular weight excluding hydrogens is 300 g/mol. The molecule has 2 unspecified atom stereocenters. The van der Waals surface area contributed by atoms with Crippen molar-refractivity contribution in [3.05, 3.63) is 0 Å². The fraction of sp³-hybridized carbons (Fsp3) is 0.812. The largest absolute Gasteiger partial charge is 0.480 e. The summed E-state index contributed by atoms with van der Waals surface area (Å²) in [5.41, 5.74) is 0. The number of carboxylic acids is 1. The van der Waals surface area contributed by atoms with Gasteiger partial charge in [0.25, 0.3) is 0 Å². The van der Waals surface area contributed by atoms with E-state index in [4.69, 9.17) is 9.84 Å². The third kappa shape index (κ3) is 5.20. The molecule has 7 heteroatoms. The van der Waals surface area contributed by atoms with Gasteiger partial charge in [-0.1, -0.05) is 12.8 Å². The highest BCUT2D eigenvalue weighted by atomic mass is 16.5. The van der Waals surface area contributed by atoms with E-state index in [-0.39, 0.29) is 43.4 Å². The van der Waals surface area contributed by atoms with Crippen molar-refractivity contribution in [3.8, 4) is 0 Å². The molecule has 1 saturated carbocycles. The smallest absolute Gasteiger partial charge is 0.329 e. The summed E-state index contributed by atoms with van der Waals surface area (Å²) in [6.45, 7) is 1.69. The maximum atomic E-state index is 12.6. The fourth-order valence-electron chi connectivity index (χ4n) is 3.45. The van der Waals surface area contributed by atoms with Crippen LogP contribution in [-0.2, 0) is 19.1 Å². The molecule has 2 atom stereocenters. The van der Waals surface area contributed by atoms with Gasteiger partial charge < -0.3 is 20.1 Å². The second-order valence-electron chi connectivity index (χ2n) is 6.27. The number of amides is 2. The lowest BCUT2D eigenvalue weighted by molar-refractivity contribution is -0.143. The Morgan fingerprint density at radius 3 is 2.35 bits per heavy atom. The zero-order valence-corrected chi connectivity index (χ0v) is 13.5. The maximum Gasteiger partial charge on any atom is 0.329 e. The molecule has 0 radical (unpaired) electrons. The quantitative estimate of drug-likeness (QED) is 0.669. The molecule has 0 spiro atoms. The summed E-state index contributed by atoms with van der Waals surface area (Å²) >= 11 is 0. The van der Waals surface area contributed by atoms with Crippen LogP contribution in [0.25, 0.3) is 0 Å². The number of aliphatic carboxylic acids is 1. The zero-order chi connectivity index (χ0) is 16.7. The first kappa shape index (κ1) is 17.7. The van der Waals surface area contributed by atoms with Crippen LogP contribution < -0.4 is 5.32 Å². The second-order valence-corrected chi connectivity index (χ2v) is 6.27. The molecule has 2 fully saturated rings. The molecule has 0 bridgehead atoms. The third-order valence-electron chi connectivity index (χ3n) is 4.61. The Morgan fingerprint density at radius 2 is 1.70 bits per heavy atom. The highest BCUT2D eigenvalue weighted by Gasteiger charge is 2.38. The number of carboxylic acid groups (broad SMARTS) is 1. The van der Waals surface area contributed by atoms with E-state index in [0.29, 0.717) is 0 Å². The Hall–Kier alpha value is -1.63. The molecular formula is C16H26N2O5. The van der Waals surface area contributed by atoms with Crippen LogP contribution in [0.4, 0.5) is 0 Å². The lowest BCUT2D eigenvalue weighted by Gasteiger charge is -2.32. The Kier molecular flexibility index (Phi) is 6.83. The number of rotatable bonds is 7. The van der Waals surface area contributed by atoms with Crippen LogP contribution in [0, 0.1) is 11.8 Å². The van der Waals surface area contributed by atoms with E-state index in [1.807, 2.05) is 4.90 Å². The standard InChI is InChI=1S/C16H26N2O5/c19-14(20)11-23-10-7-17-15(21)12-5-1-2-6-13(12)16(22)18-8-3-4-9-18/h12-13H,1-11H2,(H,17,21)(H,19,20). The van der Waals surface area contributed by atoms with Crippen LogP contribution >= 0.6 is 0 Å². The van der Waals surface area contributed by atoms with Crippen LogP contribution in [-0.4, -0.2) is 60.6 Å². The Balaban J connectivity index is 1.81. The van der Waals surface area contributed by atoms with Crippen LogP contribution in [0.2, 0.25) is 0 Å². The summed E-state index contributed by atoms with van der Waals surface area (Å²) in [4.78, 5) is 37.2. The van der Waals surface area contributed by atoms with E-state index in [2.05, 4.69) is 5.32 Å². The number of nitrogens with one attached hydrogen (secondary N) is 1. The maximum absolute atomic E-state index is 12.6. The first-order valence-corrected chi connectivity index (χ1v) is 8.45. The molecule has 2 amide bonds. The first-order chi connectivity index (χ1) is 11.1. The molecule has 0 aromatic heterocycles. The van der Waals surface area contributed by atoms with E-state index >= 15 is 0 Å². The van der Waals surface area contributed by atoms with Crippen molar-refractivity contribution in [2.45, 2.75) is 38.5 Å². The van der Waals surface area contributed by atoms with Gasteiger partial charge in [0.1, 0.15) is 6.61 Å². The summed E-state index contributed by atoms with van der Waals surface area (Å²) in [7, 11) is 0. The van der Waals surface area contributed by atoms with Crippen molar-refractivity contribution in [3.63, 3.8) is 0 Å². The minimum atomic E-state index is -1.03. The van der Waals surface area contributed by atoms with Gasteiger partial charge in [0.05, 0.1) is 6.61 Å². The first-order valence-electron chi connectivity index (χ1n) is 8.45. The average Bonchev–Trinajstić information content (AvgIpc) is 3.08. The summed E-state index contributed by atoms with van der Waals surface area (Å²) in [5, 5.41) is 11.2. The molecule has 0 aromatic rings. The number of likely N-dealkylation sites (tertiary alicyclic amines) is 1. The van der Waals surface area contributed by atoms with Crippen molar-refractivity contribution in [2.75, 3.05) is 32.8 Å². The van der Waals surface area contributed by atoms with Gasteiger partial charge in [-0.2, -0.15) is 0 Å². The van der Waals surface area contributed by atoms with Gasteiger partial charge in [-0.25, -0.2) is 4.79 Å². The molecule has 2 N–H and O–H groups in total. The van der Waals surface area contributed by atoms with E-state index in [9.17, 15) is 14.4 Å². The van der Waals surface area contributed by atoms with E-state index in [1.165, 1.54) is 0 Å². The predicted octanol–water partition coefficient (Wildman–Crippen LogP) is 0.633. The molecule has 7 nitrogen and oxygen atoms in total. The molecule has 130 valence electrons. The average molecular weight is 326 g/mol. The summed E-state index contributed by atoms with van der Waals surface area (Å²) in [5.74, 6) is -1.48. The predicted molar refractivity (Wildman–Crippen MR) is 82.7 cm³/mol. The number of hydrogen-bond acceptors (Lipinski definition) is 4. The Morgan fingerprint density at radius 1 is 1.04 bits per heavy atom. The highest BCUT2D eigenvalue weighted by molar-refractivity contribution is 5.88. The molecule has 1 aliphatic carbocycles. The molecule has 23 heavy (non-hydrogen) atoms. The molecule has 1 saturated heterocycles. The molecule has 2 rings (SSSR count). The molecule has 1 heterocycles. The summed E-state index contributed by atoms with van der Waals surface area (Å²) in [6, 6.07) is 0. The number of hydrogen-bond donors (Lipinski definition) is 2. The minimum Gasteiger partial charge on any atom is -0.480 e. The highest BCUT2D eigenvalue weighted by Crippen LogP contribution is 2.32. The van der Waals surface area contributed by atoms with Gasteiger partial charge in [-0.15, -0.1) is 0 Å². The van der Waals surface area contributed by atoms with Crippen molar-refractivity contribution in [1.82, 2.24) is 10.2 Å². The van der Waals surface area contributed by atoms with Gasteiger partial charge in [0.2, 0.25) is 11.8 Å². The summed E-state index contributed by atoms with van der Waals surface area (Å²) < 4.78 is 4.90. The van der Waals surface area contributed by atoms with Crippen molar-refractivity contribution in [2.24, 2.45) is 11.8 Å². The van der Waals surface area contributed by atoms with E-state index < -0.39 is 5.97 Å². The normalized spacial score (nSPS) is 24.4. The number of carbonyl (C=O) groups excluding carboxylic acids is 2. The van der Waals surface area contributed by atoms with Gasteiger partial charge in [0, 0.05) is 31.5 Å².